The van der Waals surface area contributed by atoms with Crippen molar-refractivity contribution in [2.24, 2.45) is 5.92 Å². The molecule has 0 aromatic heterocycles. The number of aliphatic hydroxyl groups is 1. The molecule has 0 spiro atoms. The molecule has 1 amide bonds. The van der Waals surface area contributed by atoms with Crippen LogP contribution in [0.2, 0.25) is 0 Å². The van der Waals surface area contributed by atoms with Gasteiger partial charge < -0.3 is 14.7 Å². The van der Waals surface area contributed by atoms with E-state index >= 15 is 0 Å². The number of amides is 1. The van der Waals surface area contributed by atoms with Gasteiger partial charge in [0.2, 0.25) is 5.91 Å². The van der Waals surface area contributed by atoms with Crippen LogP contribution in [0.4, 0.5) is 5.69 Å². The van der Waals surface area contributed by atoms with Crippen LogP contribution in [0.3, 0.4) is 0 Å². The van der Waals surface area contributed by atoms with E-state index in [9.17, 15) is 9.90 Å². The molecule has 2 aromatic rings. The molecule has 0 bridgehead atoms. The normalized spacial score (nSPS) is 21.6. The summed E-state index contributed by atoms with van der Waals surface area (Å²) in [6.45, 7) is 1.66. The Morgan fingerprint density at radius 2 is 1.79 bits per heavy atom. The van der Waals surface area contributed by atoms with Gasteiger partial charge in [-0.3, -0.25) is 4.79 Å². The van der Waals surface area contributed by atoms with Crippen LogP contribution >= 0.6 is 0 Å². The number of β-lactam (4-membered cyclic amide) rings is 1. The van der Waals surface area contributed by atoms with Crippen LogP contribution in [-0.2, 0) is 4.79 Å². The van der Waals surface area contributed by atoms with Gasteiger partial charge >= 0.3 is 0 Å². The summed E-state index contributed by atoms with van der Waals surface area (Å²) in [6, 6.07) is 17.1. The van der Waals surface area contributed by atoms with E-state index in [2.05, 4.69) is 0 Å². The highest BCUT2D eigenvalue weighted by Gasteiger charge is 2.48. The Kier molecular flexibility index (Phi) is 4.67. The largest absolute Gasteiger partial charge is 0.497 e. The first-order chi connectivity index (χ1) is 11.6. The maximum Gasteiger partial charge on any atom is 0.235 e. The quantitative estimate of drug-likeness (QED) is 0.860. The fraction of sp³-hybridized carbons (Fsp3) is 0.250. The number of carbonyl (C=O) groups excluding carboxylic acids is 1. The minimum atomic E-state index is -0.683. The topological polar surface area (TPSA) is 49.8 Å². The van der Waals surface area contributed by atoms with E-state index < -0.39 is 12.0 Å². The maximum atomic E-state index is 12.5. The van der Waals surface area contributed by atoms with Gasteiger partial charge in [-0.05, 0) is 36.8 Å². The third-order valence-corrected chi connectivity index (χ3v) is 4.34. The highest BCUT2D eigenvalue weighted by molar-refractivity contribution is 6.04. The molecule has 4 heteroatoms. The third kappa shape index (κ3) is 3.05. The monoisotopic (exact) mass is 323 g/mol. The van der Waals surface area contributed by atoms with E-state index in [-0.39, 0.29) is 11.9 Å². The standard InChI is InChI=1S/C20H21NO3/c1-14(22)19-18(13-8-15-6-4-3-5-7-15)21(20(19)23)16-9-11-17(24-2)12-10-16/h3-14,18-19,22H,1-2H3/b13-8+. The summed E-state index contributed by atoms with van der Waals surface area (Å²) in [6.07, 6.45) is 3.29. The molecule has 3 rings (SSSR count). The number of anilines is 1. The summed E-state index contributed by atoms with van der Waals surface area (Å²) in [5.74, 6) is 0.278. The van der Waals surface area contributed by atoms with Crippen LogP contribution in [0.1, 0.15) is 12.5 Å². The number of aliphatic hydroxyl groups excluding tert-OH is 1. The molecule has 4 nitrogen and oxygen atoms in total. The number of hydrogen-bond donors (Lipinski definition) is 1. The summed E-state index contributed by atoms with van der Waals surface area (Å²) in [5, 5.41) is 9.96. The Morgan fingerprint density at radius 3 is 2.38 bits per heavy atom. The maximum absolute atomic E-state index is 12.5. The first-order valence-electron chi connectivity index (χ1n) is 8.00. The zero-order chi connectivity index (χ0) is 17.1. The fourth-order valence-corrected chi connectivity index (χ4v) is 3.05. The van der Waals surface area contributed by atoms with Crippen LogP contribution in [0.5, 0.6) is 5.75 Å². The van der Waals surface area contributed by atoms with E-state index in [1.165, 1.54) is 0 Å². The Bertz CT molecular complexity index is 722. The van der Waals surface area contributed by atoms with Crippen LogP contribution in [-0.4, -0.2) is 30.3 Å². The SMILES string of the molecule is COc1ccc(N2C(=O)C(C(C)O)C2/C=C/c2ccccc2)cc1. The number of ether oxygens (including phenoxy) is 1. The number of nitrogens with zero attached hydrogens (tertiary/aromatic N) is 1. The Labute approximate surface area is 142 Å². The molecule has 1 N–H and O–H groups in total. The predicted molar refractivity (Wildman–Crippen MR) is 94.9 cm³/mol. The van der Waals surface area contributed by atoms with E-state index in [0.29, 0.717) is 0 Å². The lowest BCUT2D eigenvalue weighted by atomic mass is 9.82. The molecule has 1 aliphatic heterocycles. The molecule has 0 aliphatic carbocycles. The van der Waals surface area contributed by atoms with E-state index in [0.717, 1.165) is 17.0 Å². The van der Waals surface area contributed by atoms with Gasteiger partial charge in [0, 0.05) is 5.69 Å². The zero-order valence-electron chi connectivity index (χ0n) is 13.8. The van der Waals surface area contributed by atoms with E-state index in [4.69, 9.17) is 4.74 Å². The number of benzene rings is 2. The number of hydrogen-bond acceptors (Lipinski definition) is 3. The molecule has 0 radical (unpaired) electrons. The van der Waals surface area contributed by atoms with Gasteiger partial charge in [-0.25, -0.2) is 0 Å². The Morgan fingerprint density at radius 1 is 1.12 bits per heavy atom. The van der Waals surface area contributed by atoms with E-state index in [1.54, 1.807) is 18.9 Å². The van der Waals surface area contributed by atoms with Crippen LogP contribution in [0.25, 0.3) is 6.08 Å². The van der Waals surface area contributed by atoms with Crippen LogP contribution in [0.15, 0.2) is 60.7 Å². The Hall–Kier alpha value is -2.59. The molecule has 1 saturated heterocycles. The van der Waals surface area contributed by atoms with Crippen molar-refractivity contribution in [2.75, 3.05) is 12.0 Å². The average molecular weight is 323 g/mol. The summed E-state index contributed by atoms with van der Waals surface area (Å²) in [4.78, 5) is 14.2. The van der Waals surface area contributed by atoms with Gasteiger partial charge in [-0.2, -0.15) is 0 Å². The molecule has 1 fully saturated rings. The van der Waals surface area contributed by atoms with Gasteiger partial charge in [0.1, 0.15) is 5.75 Å². The molecule has 0 saturated carbocycles. The van der Waals surface area contributed by atoms with Gasteiger partial charge in [0.15, 0.2) is 0 Å². The minimum absolute atomic E-state index is 0.0575. The predicted octanol–water partition coefficient (Wildman–Crippen LogP) is 3.12. The van der Waals surface area contributed by atoms with Crippen molar-refractivity contribution in [3.05, 3.63) is 66.2 Å². The number of methoxy groups -OCH3 is 1. The van der Waals surface area contributed by atoms with Gasteiger partial charge in [-0.15, -0.1) is 0 Å². The molecule has 3 atom stereocenters. The first kappa shape index (κ1) is 16.3. The van der Waals surface area contributed by atoms with Gasteiger partial charge in [0.25, 0.3) is 0 Å². The van der Waals surface area contributed by atoms with Crippen molar-refractivity contribution in [1.82, 2.24) is 0 Å². The average Bonchev–Trinajstić information content (AvgIpc) is 2.59. The molecular formula is C20H21NO3. The second-order valence-electron chi connectivity index (χ2n) is 5.93. The summed E-state index contributed by atoms with van der Waals surface area (Å²) in [5.41, 5.74) is 1.87. The van der Waals surface area contributed by atoms with E-state index in [1.807, 2.05) is 66.7 Å². The van der Waals surface area contributed by atoms with Crippen LogP contribution < -0.4 is 9.64 Å². The molecule has 24 heavy (non-hydrogen) atoms. The van der Waals surface area contributed by atoms with Crippen LogP contribution in [0, 0.1) is 5.92 Å². The second-order valence-corrected chi connectivity index (χ2v) is 5.93. The second kappa shape index (κ2) is 6.89. The molecule has 124 valence electrons. The third-order valence-electron chi connectivity index (χ3n) is 4.34. The molecule has 1 heterocycles. The number of carbonyl (C=O) groups is 1. The van der Waals surface area contributed by atoms with Crippen molar-refractivity contribution in [1.29, 1.82) is 0 Å². The first-order valence-corrected chi connectivity index (χ1v) is 8.00. The fourth-order valence-electron chi connectivity index (χ4n) is 3.05. The van der Waals surface area contributed by atoms with Gasteiger partial charge in [-0.1, -0.05) is 42.5 Å². The molecule has 3 unspecified atom stereocenters. The Balaban J connectivity index is 1.86. The molecule has 1 aliphatic rings. The summed E-state index contributed by atoms with van der Waals surface area (Å²) >= 11 is 0. The molecular weight excluding hydrogens is 302 g/mol. The lowest BCUT2D eigenvalue weighted by Gasteiger charge is -2.47. The smallest absolute Gasteiger partial charge is 0.235 e. The lowest BCUT2D eigenvalue weighted by molar-refractivity contribution is -0.133. The number of rotatable bonds is 5. The van der Waals surface area contributed by atoms with Crippen molar-refractivity contribution >= 4 is 17.7 Å². The van der Waals surface area contributed by atoms with Crippen molar-refractivity contribution < 1.29 is 14.6 Å². The van der Waals surface area contributed by atoms with Crippen molar-refractivity contribution in [3.63, 3.8) is 0 Å². The minimum Gasteiger partial charge on any atom is -0.497 e. The van der Waals surface area contributed by atoms with Gasteiger partial charge in [0.05, 0.1) is 25.2 Å². The van der Waals surface area contributed by atoms with Crippen molar-refractivity contribution in [2.45, 2.75) is 19.1 Å². The highest BCUT2D eigenvalue weighted by Crippen LogP contribution is 2.36. The zero-order valence-corrected chi connectivity index (χ0v) is 13.8. The summed E-state index contributed by atoms with van der Waals surface area (Å²) < 4.78 is 5.16. The summed E-state index contributed by atoms with van der Waals surface area (Å²) in [7, 11) is 1.61. The lowest BCUT2D eigenvalue weighted by Crippen LogP contribution is -2.63. The highest BCUT2D eigenvalue weighted by atomic mass is 16.5. The van der Waals surface area contributed by atoms with Crippen molar-refractivity contribution in [3.8, 4) is 5.75 Å². The molecule has 2 aromatic carbocycles.